The van der Waals surface area contributed by atoms with Crippen LogP contribution in [0.25, 0.3) is 16.8 Å². The summed E-state index contributed by atoms with van der Waals surface area (Å²) in [6, 6.07) is 14.2. The molecule has 1 fully saturated rings. The molecule has 2 amide bonds. The van der Waals surface area contributed by atoms with Gasteiger partial charge in [-0.3, -0.25) is 9.52 Å². The summed E-state index contributed by atoms with van der Waals surface area (Å²) in [5.74, 6) is -1.74. The molecule has 1 saturated carbocycles. The highest BCUT2D eigenvalue weighted by Gasteiger charge is 2.51. The van der Waals surface area contributed by atoms with Crippen LogP contribution in [0, 0.1) is 5.82 Å². The number of sulfonamides is 1. The first kappa shape index (κ1) is 21.5. The van der Waals surface area contributed by atoms with E-state index in [9.17, 15) is 22.4 Å². The molecule has 0 bridgehead atoms. The molecule has 166 valence electrons. The van der Waals surface area contributed by atoms with E-state index in [1.54, 1.807) is 36.4 Å². The quantitative estimate of drug-likeness (QED) is 0.582. The molecular formula is C21H19FN4O5S. The fraction of sp³-hybridized carbons (Fsp3) is 0.190. The number of nitrogens with two attached hydrogens (primary N) is 1. The van der Waals surface area contributed by atoms with Crippen molar-refractivity contribution in [3.8, 4) is 22.7 Å². The Labute approximate surface area is 183 Å². The predicted octanol–water partition coefficient (Wildman–Crippen LogP) is 2.24. The van der Waals surface area contributed by atoms with Gasteiger partial charge in [0.1, 0.15) is 0 Å². The van der Waals surface area contributed by atoms with E-state index in [2.05, 4.69) is 14.6 Å². The van der Waals surface area contributed by atoms with Crippen LogP contribution in [0.4, 0.5) is 9.18 Å². The second kappa shape index (κ2) is 7.75. The molecule has 1 heterocycles. The number of halogens is 1. The molecule has 0 atom stereocenters. The molecule has 11 heteroatoms. The Morgan fingerprint density at radius 1 is 1.09 bits per heavy atom. The Morgan fingerprint density at radius 2 is 1.66 bits per heavy atom. The summed E-state index contributed by atoms with van der Waals surface area (Å²) in [6.45, 7) is 0. The van der Waals surface area contributed by atoms with Gasteiger partial charge in [-0.25, -0.2) is 13.2 Å². The molecule has 2 aromatic carbocycles. The number of hydrogen-bond acceptors (Lipinski definition) is 6. The first-order valence-corrected chi connectivity index (χ1v) is 11.4. The highest BCUT2D eigenvalue weighted by molar-refractivity contribution is 7.89. The van der Waals surface area contributed by atoms with Gasteiger partial charge in [0.25, 0.3) is 5.88 Å². The van der Waals surface area contributed by atoms with E-state index in [4.69, 9.17) is 5.73 Å². The third kappa shape index (κ3) is 4.19. The van der Waals surface area contributed by atoms with Crippen LogP contribution in [0.1, 0.15) is 18.4 Å². The first-order valence-electron chi connectivity index (χ1n) is 9.53. The van der Waals surface area contributed by atoms with Crippen molar-refractivity contribution in [3.63, 3.8) is 0 Å². The van der Waals surface area contributed by atoms with Crippen molar-refractivity contribution in [1.82, 2.24) is 14.5 Å². The minimum absolute atomic E-state index is 0.406. The van der Waals surface area contributed by atoms with Gasteiger partial charge in [-0.2, -0.15) is 14.2 Å². The molecule has 32 heavy (non-hydrogen) atoms. The largest absolute Gasteiger partial charge is 0.411 e. The van der Waals surface area contributed by atoms with Crippen molar-refractivity contribution >= 4 is 22.0 Å². The van der Waals surface area contributed by atoms with Gasteiger partial charge in [0, 0.05) is 0 Å². The molecule has 0 aliphatic heterocycles. The molecule has 0 radical (unpaired) electrons. The van der Waals surface area contributed by atoms with Crippen molar-refractivity contribution < 1.29 is 27.1 Å². The number of hydrogen-bond donors (Lipinski definition) is 2. The van der Waals surface area contributed by atoms with E-state index in [0.29, 0.717) is 18.5 Å². The molecule has 9 nitrogen and oxygen atoms in total. The number of primary amides is 1. The zero-order valence-corrected chi connectivity index (χ0v) is 17.7. The van der Waals surface area contributed by atoms with Gasteiger partial charge in [-0.05, 0) is 41.7 Å². The van der Waals surface area contributed by atoms with Gasteiger partial charge in [-0.1, -0.05) is 36.4 Å². The van der Waals surface area contributed by atoms with E-state index in [0.717, 1.165) is 33.8 Å². The van der Waals surface area contributed by atoms with Crippen molar-refractivity contribution in [2.24, 2.45) is 5.73 Å². The minimum Gasteiger partial charge on any atom is -0.388 e. The lowest BCUT2D eigenvalue weighted by Gasteiger charge is -2.15. The second-order valence-electron chi connectivity index (χ2n) is 7.54. The highest BCUT2D eigenvalue weighted by Crippen LogP contribution is 2.48. The lowest BCUT2D eigenvalue weighted by molar-refractivity contribution is -0.121. The van der Waals surface area contributed by atoms with Crippen LogP contribution in [-0.4, -0.2) is 36.5 Å². The Bertz CT molecular complexity index is 1300. The Morgan fingerprint density at radius 3 is 2.16 bits per heavy atom. The maximum absolute atomic E-state index is 13.8. The SMILES string of the molecule is CS(=O)(=O)NC(=O)C1(c2ccc(-c3ccc(-n4ncc(F)c4OC(N)=O)cc3)cc2)CC1. The summed E-state index contributed by atoms with van der Waals surface area (Å²) in [6.07, 6.45) is 1.88. The van der Waals surface area contributed by atoms with Crippen LogP contribution >= 0.6 is 0 Å². The number of carbonyl (C=O) groups excluding carboxylic acids is 2. The molecule has 1 aliphatic carbocycles. The van der Waals surface area contributed by atoms with E-state index in [1.165, 1.54) is 0 Å². The molecule has 3 N–H and O–H groups in total. The van der Waals surface area contributed by atoms with Crippen molar-refractivity contribution in [2.45, 2.75) is 18.3 Å². The van der Waals surface area contributed by atoms with E-state index in [-0.39, 0.29) is 0 Å². The number of ether oxygens (including phenoxy) is 1. The number of benzene rings is 2. The summed E-state index contributed by atoms with van der Waals surface area (Å²) >= 11 is 0. The topological polar surface area (TPSA) is 133 Å². The number of carbonyl (C=O) groups is 2. The minimum atomic E-state index is -3.63. The maximum Gasteiger partial charge on any atom is 0.411 e. The maximum atomic E-state index is 13.8. The molecule has 4 rings (SSSR count). The van der Waals surface area contributed by atoms with Gasteiger partial charge in [0.2, 0.25) is 21.7 Å². The third-order valence-electron chi connectivity index (χ3n) is 5.23. The summed E-state index contributed by atoms with van der Waals surface area (Å²) in [7, 11) is -3.63. The van der Waals surface area contributed by atoms with Gasteiger partial charge < -0.3 is 10.5 Å². The fourth-order valence-corrected chi connectivity index (χ4v) is 4.04. The highest BCUT2D eigenvalue weighted by atomic mass is 32.2. The molecule has 0 spiro atoms. The van der Waals surface area contributed by atoms with Crippen LogP contribution in [-0.2, 0) is 20.2 Å². The van der Waals surface area contributed by atoms with Gasteiger partial charge in [0.15, 0.2) is 0 Å². The Hall–Kier alpha value is -3.73. The summed E-state index contributed by atoms with van der Waals surface area (Å²) in [5, 5.41) is 3.86. The number of aromatic nitrogens is 2. The van der Waals surface area contributed by atoms with Crippen molar-refractivity contribution in [3.05, 3.63) is 66.1 Å². The molecule has 0 saturated heterocycles. The number of nitrogens with zero attached hydrogens (tertiary/aromatic N) is 2. The number of nitrogens with one attached hydrogen (secondary N) is 1. The lowest BCUT2D eigenvalue weighted by Crippen LogP contribution is -2.38. The van der Waals surface area contributed by atoms with Gasteiger partial charge >= 0.3 is 6.09 Å². The van der Waals surface area contributed by atoms with E-state index >= 15 is 0 Å². The van der Waals surface area contributed by atoms with Crippen LogP contribution < -0.4 is 15.2 Å². The fourth-order valence-electron chi connectivity index (χ4n) is 3.50. The average molecular weight is 458 g/mol. The normalized spacial score (nSPS) is 14.6. The van der Waals surface area contributed by atoms with Crippen LogP contribution in [0.3, 0.4) is 0 Å². The van der Waals surface area contributed by atoms with Gasteiger partial charge in [0.05, 0.1) is 23.6 Å². The summed E-state index contributed by atoms with van der Waals surface area (Å²) < 4.78 is 44.5. The van der Waals surface area contributed by atoms with E-state index < -0.39 is 39.1 Å². The number of amides is 2. The standard InChI is InChI=1S/C21H19FN4O5S/c1-32(29,30)25-19(27)21(10-11-21)15-6-2-13(3-7-15)14-4-8-16(9-5-14)26-18(31-20(23)28)17(22)12-24-26/h2-9,12H,10-11H2,1H3,(H2,23,28)(H,25,27). The zero-order chi connectivity index (χ0) is 23.1. The molecule has 0 unspecified atom stereocenters. The van der Waals surface area contributed by atoms with Crippen LogP contribution in [0.2, 0.25) is 0 Å². The van der Waals surface area contributed by atoms with Crippen molar-refractivity contribution in [2.75, 3.05) is 6.26 Å². The number of rotatable bonds is 6. The van der Waals surface area contributed by atoms with Gasteiger partial charge in [-0.15, -0.1) is 0 Å². The summed E-state index contributed by atoms with van der Waals surface area (Å²) in [4.78, 5) is 23.4. The molecule has 1 aliphatic rings. The zero-order valence-electron chi connectivity index (χ0n) is 16.9. The summed E-state index contributed by atoms with van der Waals surface area (Å²) in [5.41, 5.74) is 7.07. The Balaban J connectivity index is 1.55. The van der Waals surface area contributed by atoms with Crippen LogP contribution in [0.5, 0.6) is 5.88 Å². The smallest absolute Gasteiger partial charge is 0.388 e. The Kier molecular flexibility index (Phi) is 5.21. The molecule has 1 aromatic heterocycles. The monoisotopic (exact) mass is 458 g/mol. The third-order valence-corrected chi connectivity index (χ3v) is 5.78. The van der Waals surface area contributed by atoms with Crippen LogP contribution in [0.15, 0.2) is 54.7 Å². The predicted molar refractivity (Wildman–Crippen MR) is 113 cm³/mol. The van der Waals surface area contributed by atoms with Crippen molar-refractivity contribution in [1.29, 1.82) is 0 Å². The lowest BCUT2D eigenvalue weighted by atomic mass is 9.93. The second-order valence-corrected chi connectivity index (χ2v) is 9.29. The molecular weight excluding hydrogens is 439 g/mol. The first-order chi connectivity index (χ1) is 15.1. The molecule has 3 aromatic rings. The van der Waals surface area contributed by atoms with E-state index in [1.807, 2.05) is 12.1 Å². The average Bonchev–Trinajstić information content (AvgIpc) is 3.47.